The average Bonchev–Trinajstić information content (AvgIpc) is 2.70. The van der Waals surface area contributed by atoms with Crippen molar-refractivity contribution in [2.45, 2.75) is 67.5 Å². The van der Waals surface area contributed by atoms with Crippen molar-refractivity contribution in [3.8, 4) is 0 Å². The molecule has 0 saturated carbocycles. The summed E-state index contributed by atoms with van der Waals surface area (Å²) >= 11 is 0. The minimum Gasteiger partial charge on any atom is -0.394 e. The van der Waals surface area contributed by atoms with Crippen molar-refractivity contribution < 1.29 is 64.9 Å². The van der Waals surface area contributed by atoms with Crippen LogP contribution in [0.25, 0.3) is 0 Å². The van der Waals surface area contributed by atoms with Crippen molar-refractivity contribution in [3.05, 3.63) is 0 Å². The Hall–Kier alpha value is -0.520. The van der Waals surface area contributed by atoms with Crippen LogP contribution in [0.5, 0.6) is 0 Å². The molecule has 28 heavy (non-hydrogen) atoms. The van der Waals surface area contributed by atoms with Gasteiger partial charge in [0.2, 0.25) is 0 Å². The molecule has 11 atom stereocenters. The molecule has 13 nitrogen and oxygen atoms in total. The lowest BCUT2D eigenvalue weighted by atomic mass is 9.97. The Labute approximate surface area is 159 Å². The molecule has 9 N–H and O–H groups in total. The first kappa shape index (κ1) is 23.8. The third-order valence-electron chi connectivity index (χ3n) is 4.62. The summed E-state index contributed by atoms with van der Waals surface area (Å²) in [6.45, 7) is -2.41. The van der Waals surface area contributed by atoms with Crippen molar-refractivity contribution in [1.29, 1.82) is 0 Å². The lowest BCUT2D eigenvalue weighted by molar-refractivity contribution is -0.360. The van der Waals surface area contributed by atoms with Crippen LogP contribution < -0.4 is 0 Å². The van der Waals surface area contributed by atoms with Crippen molar-refractivity contribution in [3.63, 3.8) is 0 Å². The second-order valence-electron chi connectivity index (χ2n) is 6.67. The van der Waals surface area contributed by atoms with Crippen LogP contribution in [0.1, 0.15) is 0 Å². The number of aliphatic hydroxyl groups is 9. The monoisotopic (exact) mass is 416 g/mol. The second kappa shape index (κ2) is 10.5. The summed E-state index contributed by atoms with van der Waals surface area (Å²) in [6, 6.07) is 0. The fraction of sp³-hybridized carbons (Fsp3) is 1.00. The molecule has 0 aromatic carbocycles. The van der Waals surface area contributed by atoms with E-state index >= 15 is 0 Å². The number of rotatable bonds is 8. The average molecular weight is 416 g/mol. The van der Waals surface area contributed by atoms with Gasteiger partial charge in [-0.15, -0.1) is 0 Å². The van der Waals surface area contributed by atoms with Gasteiger partial charge in [0, 0.05) is 0 Å². The van der Waals surface area contributed by atoms with Crippen LogP contribution >= 0.6 is 0 Å². The van der Waals surface area contributed by atoms with Gasteiger partial charge in [-0.2, -0.15) is 0 Å². The lowest BCUT2D eigenvalue weighted by Gasteiger charge is -2.46. The highest BCUT2D eigenvalue weighted by Gasteiger charge is 2.50. The Morgan fingerprint density at radius 1 is 0.714 bits per heavy atom. The van der Waals surface area contributed by atoms with Crippen LogP contribution in [0.15, 0.2) is 0 Å². The highest BCUT2D eigenvalue weighted by Crippen LogP contribution is 2.29. The first-order valence-corrected chi connectivity index (χ1v) is 8.74. The van der Waals surface area contributed by atoms with E-state index in [1.54, 1.807) is 0 Å². The first-order valence-electron chi connectivity index (χ1n) is 8.74. The van der Waals surface area contributed by atoms with E-state index in [1.165, 1.54) is 0 Å². The first-order chi connectivity index (χ1) is 13.2. The standard InChI is InChI=1S/C15H28O13/c16-1-5(19)4-25-14-12(24)10(22)13(7(3-18)27-14)28-15-11(23)9(21)8(20)6(2-17)26-15/h5-24H,1-4H2/t5?,6-,7-,8+,9+,10-,11-,12-,13-,14-,15+/m1/s1. The summed E-state index contributed by atoms with van der Waals surface area (Å²) in [6.07, 6.45) is -16.7. The van der Waals surface area contributed by atoms with Crippen LogP contribution in [0, 0.1) is 0 Å². The smallest absolute Gasteiger partial charge is 0.187 e. The Morgan fingerprint density at radius 2 is 1.29 bits per heavy atom. The molecular weight excluding hydrogens is 388 g/mol. The Kier molecular flexibility index (Phi) is 8.90. The molecule has 2 heterocycles. The van der Waals surface area contributed by atoms with Gasteiger partial charge >= 0.3 is 0 Å². The van der Waals surface area contributed by atoms with Gasteiger partial charge in [-0.05, 0) is 0 Å². The SMILES string of the molecule is OCC(O)CO[C@@H]1O[C@H](CO)[C@@H](O[C@@H]2O[C@H](CO)[C@H](O)[C@H](O)[C@H]2O)[C@H](O)[C@H]1O. The maximum absolute atomic E-state index is 10.3. The summed E-state index contributed by atoms with van der Waals surface area (Å²) in [7, 11) is 0. The molecule has 0 bridgehead atoms. The predicted molar refractivity (Wildman–Crippen MR) is 85.4 cm³/mol. The topological polar surface area (TPSA) is 219 Å². The van der Waals surface area contributed by atoms with E-state index in [4.69, 9.17) is 24.1 Å². The van der Waals surface area contributed by atoms with Gasteiger partial charge in [0.1, 0.15) is 54.9 Å². The second-order valence-corrected chi connectivity index (χ2v) is 6.67. The van der Waals surface area contributed by atoms with Gasteiger partial charge in [0.05, 0.1) is 26.4 Å². The maximum Gasteiger partial charge on any atom is 0.187 e. The zero-order valence-corrected chi connectivity index (χ0v) is 14.8. The maximum atomic E-state index is 10.3. The van der Waals surface area contributed by atoms with Gasteiger partial charge in [0.15, 0.2) is 12.6 Å². The number of hydrogen-bond acceptors (Lipinski definition) is 13. The minimum absolute atomic E-state index is 0.415. The van der Waals surface area contributed by atoms with Gasteiger partial charge < -0.3 is 64.9 Å². The third kappa shape index (κ3) is 5.14. The molecule has 2 fully saturated rings. The zero-order chi connectivity index (χ0) is 21.0. The zero-order valence-electron chi connectivity index (χ0n) is 14.8. The summed E-state index contributed by atoms with van der Waals surface area (Å²) < 4.78 is 20.9. The Balaban J connectivity index is 2.06. The summed E-state index contributed by atoms with van der Waals surface area (Å²) in [5.41, 5.74) is 0. The van der Waals surface area contributed by atoms with E-state index in [1.807, 2.05) is 0 Å². The van der Waals surface area contributed by atoms with Crippen LogP contribution in [0.3, 0.4) is 0 Å². The molecule has 0 radical (unpaired) electrons. The minimum atomic E-state index is -1.75. The molecule has 0 aromatic rings. The lowest BCUT2D eigenvalue weighted by Crippen LogP contribution is -2.64. The van der Waals surface area contributed by atoms with Crippen molar-refractivity contribution in [1.82, 2.24) is 0 Å². The molecule has 166 valence electrons. The molecule has 2 aliphatic heterocycles. The van der Waals surface area contributed by atoms with Gasteiger partial charge in [0.25, 0.3) is 0 Å². The van der Waals surface area contributed by atoms with Crippen LogP contribution in [0.4, 0.5) is 0 Å². The van der Waals surface area contributed by atoms with E-state index in [2.05, 4.69) is 0 Å². The van der Waals surface area contributed by atoms with Crippen LogP contribution in [-0.4, -0.2) is 140 Å². The quantitative estimate of drug-likeness (QED) is 0.180. The highest BCUT2D eigenvalue weighted by atomic mass is 16.7. The van der Waals surface area contributed by atoms with Crippen LogP contribution in [0.2, 0.25) is 0 Å². The molecule has 1 unspecified atom stereocenters. The van der Waals surface area contributed by atoms with E-state index in [-0.39, 0.29) is 0 Å². The normalized spacial score (nSPS) is 45.8. The van der Waals surface area contributed by atoms with E-state index in [0.29, 0.717) is 0 Å². The van der Waals surface area contributed by atoms with Crippen molar-refractivity contribution in [2.75, 3.05) is 26.4 Å². The predicted octanol–water partition coefficient (Wildman–Crippen LogP) is -6.02. The molecule has 0 aliphatic carbocycles. The number of aliphatic hydroxyl groups excluding tert-OH is 9. The molecular formula is C15H28O13. The number of ether oxygens (including phenoxy) is 4. The van der Waals surface area contributed by atoms with E-state index in [0.717, 1.165) is 0 Å². The third-order valence-corrected chi connectivity index (χ3v) is 4.62. The molecule has 13 heteroatoms. The summed E-state index contributed by atoms with van der Waals surface area (Å²) in [4.78, 5) is 0. The van der Waals surface area contributed by atoms with Crippen molar-refractivity contribution in [2.24, 2.45) is 0 Å². The van der Waals surface area contributed by atoms with Crippen molar-refractivity contribution >= 4 is 0 Å². The van der Waals surface area contributed by atoms with Gasteiger partial charge in [-0.3, -0.25) is 0 Å². The van der Waals surface area contributed by atoms with E-state index in [9.17, 15) is 40.9 Å². The Morgan fingerprint density at radius 3 is 1.86 bits per heavy atom. The Bertz CT molecular complexity index is 463. The largest absolute Gasteiger partial charge is 0.394 e. The summed E-state index contributed by atoms with van der Waals surface area (Å²) in [5.74, 6) is 0. The fourth-order valence-electron chi connectivity index (χ4n) is 2.95. The molecule has 2 saturated heterocycles. The highest BCUT2D eigenvalue weighted by molar-refractivity contribution is 4.94. The summed E-state index contributed by atoms with van der Waals surface area (Å²) in [5, 5.41) is 86.9. The molecule has 0 spiro atoms. The molecule has 2 aliphatic rings. The van der Waals surface area contributed by atoms with E-state index < -0.39 is 93.9 Å². The van der Waals surface area contributed by atoms with Gasteiger partial charge in [-0.25, -0.2) is 0 Å². The molecule has 2 rings (SSSR count). The van der Waals surface area contributed by atoms with Gasteiger partial charge in [-0.1, -0.05) is 0 Å². The molecule has 0 aromatic heterocycles. The fourth-order valence-corrected chi connectivity index (χ4v) is 2.95. The number of hydrogen-bond donors (Lipinski definition) is 9. The van der Waals surface area contributed by atoms with Crippen LogP contribution in [-0.2, 0) is 18.9 Å². The molecule has 0 amide bonds.